The van der Waals surface area contributed by atoms with Gasteiger partial charge in [-0.15, -0.1) is 0 Å². The Hall–Kier alpha value is -2.18. The number of para-hydroxylation sites is 1. The van der Waals surface area contributed by atoms with Crippen LogP contribution in [0.2, 0.25) is 0 Å². The summed E-state index contributed by atoms with van der Waals surface area (Å²) >= 11 is 0. The van der Waals surface area contributed by atoms with Gasteiger partial charge in [0.15, 0.2) is 0 Å². The summed E-state index contributed by atoms with van der Waals surface area (Å²) < 4.78 is 29.3. The fraction of sp³-hybridized carbons (Fsp3) is 0.500. The van der Waals surface area contributed by atoms with Crippen LogP contribution in [-0.2, 0) is 9.59 Å². The number of aliphatic carboxylic acids is 1. The van der Waals surface area contributed by atoms with Gasteiger partial charge < -0.3 is 15.2 Å². The minimum absolute atomic E-state index is 0.0186. The molecule has 1 fully saturated rings. The molecule has 0 radical (unpaired) electrons. The highest BCUT2D eigenvalue weighted by atomic mass is 19.3. The Balaban J connectivity index is 2.00. The summed E-state index contributed by atoms with van der Waals surface area (Å²) in [4.78, 5) is 23.2. The second kappa shape index (κ2) is 7.39. The summed E-state index contributed by atoms with van der Waals surface area (Å²) in [7, 11) is 0. The van der Waals surface area contributed by atoms with Crippen LogP contribution in [0.4, 0.5) is 8.78 Å². The van der Waals surface area contributed by atoms with E-state index in [2.05, 4.69) is 10.1 Å². The molecule has 126 valence electrons. The average molecular weight is 327 g/mol. The number of rotatable bonds is 6. The van der Waals surface area contributed by atoms with Gasteiger partial charge in [0.25, 0.3) is 0 Å². The Morgan fingerprint density at radius 3 is 2.52 bits per heavy atom. The van der Waals surface area contributed by atoms with Crippen LogP contribution >= 0.6 is 0 Å². The van der Waals surface area contributed by atoms with E-state index in [-0.39, 0.29) is 17.6 Å². The number of hydrogen-bond acceptors (Lipinski definition) is 3. The molecule has 2 N–H and O–H groups in total. The second-order valence-corrected chi connectivity index (χ2v) is 5.69. The molecular weight excluding hydrogens is 308 g/mol. The third-order valence-electron chi connectivity index (χ3n) is 4.11. The SMILES string of the molecule is CC(NC(=O)[C@@H]1CC[C@H](C(=O)O)C1)c1ccccc1OC(F)F. The van der Waals surface area contributed by atoms with Crippen LogP contribution in [0, 0.1) is 11.8 Å². The van der Waals surface area contributed by atoms with Gasteiger partial charge in [-0.3, -0.25) is 9.59 Å². The fourth-order valence-electron chi connectivity index (χ4n) is 2.89. The maximum atomic E-state index is 12.4. The molecule has 2 rings (SSSR count). The van der Waals surface area contributed by atoms with Crippen molar-refractivity contribution in [3.8, 4) is 5.75 Å². The quantitative estimate of drug-likeness (QED) is 0.842. The van der Waals surface area contributed by atoms with Crippen LogP contribution in [0.25, 0.3) is 0 Å². The molecule has 1 aromatic rings. The lowest BCUT2D eigenvalue weighted by molar-refractivity contribution is -0.141. The predicted octanol–water partition coefficient (Wildman–Crippen LogP) is 2.97. The minimum atomic E-state index is -2.94. The van der Waals surface area contributed by atoms with Gasteiger partial charge >= 0.3 is 12.6 Å². The normalized spacial score (nSPS) is 21.9. The number of alkyl halides is 2. The topological polar surface area (TPSA) is 75.6 Å². The molecule has 3 atom stereocenters. The van der Waals surface area contributed by atoms with Crippen LogP contribution < -0.4 is 10.1 Å². The summed E-state index contributed by atoms with van der Waals surface area (Å²) in [5.74, 6) is -1.97. The van der Waals surface area contributed by atoms with E-state index in [0.717, 1.165) is 0 Å². The molecule has 5 nitrogen and oxygen atoms in total. The van der Waals surface area contributed by atoms with E-state index in [0.29, 0.717) is 24.8 Å². The van der Waals surface area contributed by atoms with Gasteiger partial charge in [0, 0.05) is 11.5 Å². The van der Waals surface area contributed by atoms with Crippen molar-refractivity contribution in [3.05, 3.63) is 29.8 Å². The molecule has 7 heteroatoms. The van der Waals surface area contributed by atoms with E-state index in [4.69, 9.17) is 5.11 Å². The third kappa shape index (κ3) is 4.40. The summed E-state index contributed by atoms with van der Waals surface area (Å²) in [5, 5.41) is 11.7. The summed E-state index contributed by atoms with van der Waals surface area (Å²) in [6, 6.07) is 5.76. The zero-order valence-electron chi connectivity index (χ0n) is 12.7. The monoisotopic (exact) mass is 327 g/mol. The molecule has 0 spiro atoms. The van der Waals surface area contributed by atoms with Crippen molar-refractivity contribution in [3.63, 3.8) is 0 Å². The Bertz CT molecular complexity index is 579. The Labute approximate surface area is 132 Å². The van der Waals surface area contributed by atoms with Crippen molar-refractivity contribution in [2.24, 2.45) is 11.8 Å². The first-order valence-corrected chi connectivity index (χ1v) is 7.45. The summed E-state index contributed by atoms with van der Waals surface area (Å²) in [6.45, 7) is -1.26. The molecule has 1 saturated carbocycles. The van der Waals surface area contributed by atoms with E-state index in [9.17, 15) is 18.4 Å². The highest BCUT2D eigenvalue weighted by molar-refractivity contribution is 5.81. The molecule has 1 aliphatic carbocycles. The zero-order valence-corrected chi connectivity index (χ0v) is 12.7. The number of ether oxygens (including phenoxy) is 1. The van der Waals surface area contributed by atoms with E-state index in [1.54, 1.807) is 25.1 Å². The highest BCUT2D eigenvalue weighted by Crippen LogP contribution is 2.32. The zero-order chi connectivity index (χ0) is 17.0. The number of amides is 1. The van der Waals surface area contributed by atoms with Crippen molar-refractivity contribution in [2.45, 2.75) is 38.8 Å². The lowest BCUT2D eigenvalue weighted by atomic mass is 10.0. The Morgan fingerprint density at radius 1 is 1.26 bits per heavy atom. The molecular formula is C16H19F2NO4. The van der Waals surface area contributed by atoms with Crippen molar-refractivity contribution in [2.75, 3.05) is 0 Å². The van der Waals surface area contributed by atoms with Crippen molar-refractivity contribution in [1.82, 2.24) is 5.32 Å². The van der Waals surface area contributed by atoms with Gasteiger partial charge in [0.05, 0.1) is 12.0 Å². The molecule has 0 heterocycles. The molecule has 1 aliphatic rings. The van der Waals surface area contributed by atoms with Crippen LogP contribution in [0.5, 0.6) is 5.75 Å². The minimum Gasteiger partial charge on any atom is -0.481 e. The fourth-order valence-corrected chi connectivity index (χ4v) is 2.89. The lowest BCUT2D eigenvalue weighted by Gasteiger charge is -2.20. The number of carboxylic acid groups (broad SMARTS) is 1. The number of carboxylic acids is 1. The van der Waals surface area contributed by atoms with Gasteiger partial charge in [-0.2, -0.15) is 8.78 Å². The molecule has 1 amide bonds. The van der Waals surface area contributed by atoms with Gasteiger partial charge in [-0.05, 0) is 32.3 Å². The number of halogens is 2. The van der Waals surface area contributed by atoms with Crippen molar-refractivity contribution < 1.29 is 28.2 Å². The summed E-state index contributed by atoms with van der Waals surface area (Å²) in [5.41, 5.74) is 0.453. The number of benzene rings is 1. The maximum Gasteiger partial charge on any atom is 0.387 e. The van der Waals surface area contributed by atoms with Crippen LogP contribution in [0.3, 0.4) is 0 Å². The second-order valence-electron chi connectivity index (χ2n) is 5.69. The van der Waals surface area contributed by atoms with E-state index in [1.807, 2.05) is 0 Å². The van der Waals surface area contributed by atoms with Gasteiger partial charge in [-0.25, -0.2) is 0 Å². The van der Waals surface area contributed by atoms with E-state index in [1.165, 1.54) is 6.07 Å². The molecule has 0 aliphatic heterocycles. The third-order valence-corrected chi connectivity index (χ3v) is 4.11. The largest absolute Gasteiger partial charge is 0.481 e. The predicted molar refractivity (Wildman–Crippen MR) is 78.1 cm³/mol. The molecule has 0 aromatic heterocycles. The summed E-state index contributed by atoms with van der Waals surface area (Å²) in [6.07, 6.45) is 1.31. The van der Waals surface area contributed by atoms with E-state index >= 15 is 0 Å². The molecule has 1 unspecified atom stereocenters. The number of hydrogen-bond donors (Lipinski definition) is 2. The smallest absolute Gasteiger partial charge is 0.387 e. The van der Waals surface area contributed by atoms with Crippen LogP contribution in [0.1, 0.15) is 37.8 Å². The number of carbonyl (C=O) groups is 2. The number of carbonyl (C=O) groups excluding carboxylic acids is 1. The first-order valence-electron chi connectivity index (χ1n) is 7.45. The Morgan fingerprint density at radius 2 is 1.91 bits per heavy atom. The van der Waals surface area contributed by atoms with Crippen LogP contribution in [-0.4, -0.2) is 23.6 Å². The first-order chi connectivity index (χ1) is 10.9. The molecule has 0 bridgehead atoms. The van der Waals surface area contributed by atoms with Crippen molar-refractivity contribution >= 4 is 11.9 Å². The molecule has 0 saturated heterocycles. The van der Waals surface area contributed by atoms with E-state index < -0.39 is 24.5 Å². The lowest BCUT2D eigenvalue weighted by Crippen LogP contribution is -2.32. The van der Waals surface area contributed by atoms with Crippen molar-refractivity contribution in [1.29, 1.82) is 0 Å². The molecule has 1 aromatic carbocycles. The van der Waals surface area contributed by atoms with Gasteiger partial charge in [-0.1, -0.05) is 18.2 Å². The standard InChI is InChI=1S/C16H19F2NO4/c1-9(12-4-2-3-5-13(12)23-16(17)18)19-14(20)10-6-7-11(8-10)15(21)22/h2-5,9-11,16H,6-8H2,1H3,(H,19,20)(H,21,22)/t9?,10-,11+/m1/s1. The maximum absolute atomic E-state index is 12.4. The highest BCUT2D eigenvalue weighted by Gasteiger charge is 2.34. The van der Waals surface area contributed by atoms with Gasteiger partial charge in [0.1, 0.15) is 5.75 Å². The van der Waals surface area contributed by atoms with Crippen LogP contribution in [0.15, 0.2) is 24.3 Å². The van der Waals surface area contributed by atoms with Gasteiger partial charge in [0.2, 0.25) is 5.91 Å². The number of nitrogens with one attached hydrogen (secondary N) is 1. The average Bonchev–Trinajstić information content (AvgIpc) is 2.97. The first kappa shape index (κ1) is 17.2. The Kier molecular flexibility index (Phi) is 5.52. The molecule has 23 heavy (non-hydrogen) atoms.